The summed E-state index contributed by atoms with van der Waals surface area (Å²) in [5, 5.41) is 13.2. The first-order valence-corrected chi connectivity index (χ1v) is 7.76. The number of halogens is 2. The van der Waals surface area contributed by atoms with Crippen LogP contribution in [0.2, 0.25) is 0 Å². The monoisotopic (exact) mass is 337 g/mol. The predicted octanol–water partition coefficient (Wildman–Crippen LogP) is 1.95. The van der Waals surface area contributed by atoms with Crippen molar-refractivity contribution in [2.45, 2.75) is 4.90 Å². The zero-order valence-electron chi connectivity index (χ0n) is 11.4. The number of benzene rings is 2. The van der Waals surface area contributed by atoms with Gasteiger partial charge in [0.1, 0.15) is 11.6 Å². The number of hydrogen-bond donors (Lipinski definition) is 2. The fourth-order valence-electron chi connectivity index (χ4n) is 1.95. The number of H-pyrrole nitrogens is 1. The minimum atomic E-state index is -4.42. The van der Waals surface area contributed by atoms with Crippen LogP contribution in [0.3, 0.4) is 0 Å². The van der Waals surface area contributed by atoms with E-state index in [1.54, 1.807) is 12.1 Å². The van der Waals surface area contributed by atoms with Crippen molar-refractivity contribution in [3.63, 3.8) is 0 Å². The first-order valence-electron chi connectivity index (χ1n) is 6.28. The van der Waals surface area contributed by atoms with Gasteiger partial charge in [-0.3, -0.25) is 4.72 Å². The van der Waals surface area contributed by atoms with Crippen LogP contribution in [0, 0.1) is 11.6 Å². The summed E-state index contributed by atoms with van der Waals surface area (Å²) in [4.78, 5) is -1.04. The number of tetrazole rings is 1. The Morgan fingerprint density at radius 2 is 1.74 bits per heavy atom. The molecule has 23 heavy (non-hydrogen) atoms. The van der Waals surface area contributed by atoms with Crippen molar-refractivity contribution in [3.8, 4) is 11.4 Å². The molecule has 118 valence electrons. The number of aromatic nitrogens is 4. The van der Waals surface area contributed by atoms with E-state index in [1.807, 2.05) is 0 Å². The predicted molar refractivity (Wildman–Crippen MR) is 76.8 cm³/mol. The molecule has 0 saturated heterocycles. The normalized spacial score (nSPS) is 11.4. The van der Waals surface area contributed by atoms with E-state index in [0.717, 1.165) is 18.2 Å². The Hall–Kier alpha value is -2.88. The molecule has 0 fully saturated rings. The lowest BCUT2D eigenvalue weighted by Crippen LogP contribution is -2.16. The van der Waals surface area contributed by atoms with Gasteiger partial charge < -0.3 is 0 Å². The summed E-state index contributed by atoms with van der Waals surface area (Å²) < 4.78 is 53.8. The third-order valence-corrected chi connectivity index (χ3v) is 4.34. The zero-order valence-corrected chi connectivity index (χ0v) is 12.2. The van der Waals surface area contributed by atoms with E-state index >= 15 is 0 Å². The molecule has 2 aromatic carbocycles. The van der Waals surface area contributed by atoms with Crippen molar-refractivity contribution in [2.24, 2.45) is 0 Å². The highest BCUT2D eigenvalue weighted by Crippen LogP contribution is 2.24. The van der Waals surface area contributed by atoms with Gasteiger partial charge >= 0.3 is 0 Å². The molecule has 1 heterocycles. The average molecular weight is 337 g/mol. The standard InChI is InChI=1S/C13H9F2N5O2S/c14-10-5-2-6-11(15)12(10)23(21,22)18-9-4-1-3-8(7-9)13-16-19-20-17-13/h1-7,18H,(H,16,17,19,20). The van der Waals surface area contributed by atoms with Gasteiger partial charge in [0.2, 0.25) is 5.82 Å². The van der Waals surface area contributed by atoms with Gasteiger partial charge in [0.15, 0.2) is 4.90 Å². The topological polar surface area (TPSA) is 101 Å². The molecule has 0 unspecified atom stereocenters. The molecule has 0 spiro atoms. The van der Waals surface area contributed by atoms with Gasteiger partial charge in [-0.2, -0.15) is 5.21 Å². The van der Waals surface area contributed by atoms with Gasteiger partial charge in [0, 0.05) is 11.3 Å². The van der Waals surface area contributed by atoms with Gasteiger partial charge in [-0.1, -0.05) is 18.2 Å². The molecule has 0 aliphatic rings. The van der Waals surface area contributed by atoms with Crippen LogP contribution in [0.4, 0.5) is 14.5 Å². The molecule has 0 amide bonds. The largest absolute Gasteiger partial charge is 0.279 e. The summed E-state index contributed by atoms with van der Waals surface area (Å²) in [6.07, 6.45) is 0. The second-order valence-electron chi connectivity index (χ2n) is 4.47. The number of sulfonamides is 1. The van der Waals surface area contributed by atoms with Gasteiger partial charge in [-0.25, -0.2) is 17.2 Å². The maximum Gasteiger partial charge on any atom is 0.267 e. The molecule has 0 saturated carbocycles. The lowest BCUT2D eigenvalue weighted by molar-refractivity contribution is 0.521. The van der Waals surface area contributed by atoms with Crippen LogP contribution in [0.25, 0.3) is 11.4 Å². The third kappa shape index (κ3) is 3.01. The minimum Gasteiger partial charge on any atom is -0.279 e. The van der Waals surface area contributed by atoms with Crippen molar-refractivity contribution in [3.05, 3.63) is 54.1 Å². The molecule has 0 aliphatic carbocycles. The summed E-state index contributed by atoms with van der Waals surface area (Å²) in [5.74, 6) is -2.10. The minimum absolute atomic E-state index is 0.106. The molecule has 10 heteroatoms. The molecular weight excluding hydrogens is 328 g/mol. The van der Waals surface area contributed by atoms with Crippen molar-refractivity contribution in [2.75, 3.05) is 4.72 Å². The SMILES string of the molecule is O=S(=O)(Nc1cccc(-c2nn[nH]n2)c1)c1c(F)cccc1F. The lowest BCUT2D eigenvalue weighted by atomic mass is 10.2. The Kier molecular flexibility index (Phi) is 3.74. The van der Waals surface area contributed by atoms with Crippen LogP contribution < -0.4 is 4.72 Å². The fraction of sp³-hybridized carbons (Fsp3) is 0. The molecule has 0 radical (unpaired) electrons. The smallest absolute Gasteiger partial charge is 0.267 e. The van der Waals surface area contributed by atoms with Crippen LogP contribution in [0.15, 0.2) is 47.4 Å². The van der Waals surface area contributed by atoms with E-state index < -0.39 is 26.6 Å². The lowest BCUT2D eigenvalue weighted by Gasteiger charge is -2.10. The Bertz CT molecular complexity index is 925. The van der Waals surface area contributed by atoms with E-state index in [0.29, 0.717) is 5.56 Å². The van der Waals surface area contributed by atoms with Crippen LogP contribution in [0.5, 0.6) is 0 Å². The average Bonchev–Trinajstić information content (AvgIpc) is 3.00. The molecule has 1 aromatic heterocycles. The summed E-state index contributed by atoms with van der Waals surface area (Å²) in [6, 6.07) is 8.84. The van der Waals surface area contributed by atoms with Gasteiger partial charge in [-0.15, -0.1) is 10.2 Å². The molecule has 2 N–H and O–H groups in total. The molecule has 0 bridgehead atoms. The summed E-state index contributed by atoms with van der Waals surface area (Å²) >= 11 is 0. The quantitative estimate of drug-likeness (QED) is 0.758. The van der Waals surface area contributed by atoms with Crippen molar-refractivity contribution in [1.29, 1.82) is 0 Å². The Morgan fingerprint density at radius 1 is 1.04 bits per heavy atom. The highest BCUT2D eigenvalue weighted by molar-refractivity contribution is 7.92. The molecule has 0 atom stereocenters. The number of aromatic amines is 1. The summed E-state index contributed by atoms with van der Waals surface area (Å²) in [7, 11) is -4.42. The molecular formula is C13H9F2N5O2S. The van der Waals surface area contributed by atoms with Gasteiger partial charge in [0.25, 0.3) is 10.0 Å². The number of anilines is 1. The Balaban J connectivity index is 1.97. The van der Waals surface area contributed by atoms with E-state index in [2.05, 4.69) is 25.3 Å². The van der Waals surface area contributed by atoms with Crippen LogP contribution >= 0.6 is 0 Å². The molecule has 3 rings (SSSR count). The second-order valence-corrected chi connectivity index (χ2v) is 6.09. The highest BCUT2D eigenvalue weighted by atomic mass is 32.2. The highest BCUT2D eigenvalue weighted by Gasteiger charge is 2.24. The molecule has 0 aliphatic heterocycles. The Morgan fingerprint density at radius 3 is 2.39 bits per heavy atom. The van der Waals surface area contributed by atoms with E-state index in [9.17, 15) is 17.2 Å². The maximum atomic E-state index is 13.7. The van der Waals surface area contributed by atoms with Crippen molar-refractivity contribution in [1.82, 2.24) is 20.6 Å². The summed E-state index contributed by atoms with van der Waals surface area (Å²) in [5.41, 5.74) is 0.586. The number of hydrogen-bond acceptors (Lipinski definition) is 5. The van der Waals surface area contributed by atoms with Crippen LogP contribution in [0.1, 0.15) is 0 Å². The first kappa shape index (κ1) is 15.0. The van der Waals surface area contributed by atoms with Gasteiger partial charge in [0.05, 0.1) is 0 Å². The maximum absolute atomic E-state index is 13.7. The zero-order chi connectivity index (χ0) is 16.4. The second kappa shape index (κ2) is 5.72. The summed E-state index contributed by atoms with van der Waals surface area (Å²) in [6.45, 7) is 0. The van der Waals surface area contributed by atoms with Gasteiger partial charge in [-0.05, 0) is 29.5 Å². The van der Waals surface area contributed by atoms with E-state index in [4.69, 9.17) is 0 Å². The van der Waals surface area contributed by atoms with Crippen LogP contribution in [-0.2, 0) is 10.0 Å². The van der Waals surface area contributed by atoms with E-state index in [1.165, 1.54) is 12.1 Å². The van der Waals surface area contributed by atoms with Crippen LogP contribution in [-0.4, -0.2) is 29.0 Å². The molecule has 3 aromatic rings. The Labute approximate surface area is 129 Å². The number of nitrogens with one attached hydrogen (secondary N) is 2. The third-order valence-electron chi connectivity index (χ3n) is 2.91. The van der Waals surface area contributed by atoms with Crippen molar-refractivity contribution >= 4 is 15.7 Å². The first-order chi connectivity index (χ1) is 11.0. The number of nitrogens with zero attached hydrogens (tertiary/aromatic N) is 3. The van der Waals surface area contributed by atoms with E-state index in [-0.39, 0.29) is 11.5 Å². The molecule has 7 nitrogen and oxygen atoms in total. The fourth-order valence-corrected chi connectivity index (χ4v) is 3.14. The van der Waals surface area contributed by atoms with Crippen molar-refractivity contribution < 1.29 is 17.2 Å². The number of rotatable bonds is 4.